The average molecular weight is 292 g/mol. The van der Waals surface area contributed by atoms with Gasteiger partial charge in [0.2, 0.25) is 0 Å². The third-order valence-electron chi connectivity index (χ3n) is 2.47. The lowest BCUT2D eigenvalue weighted by Crippen LogP contribution is -2.31. The molecule has 0 radical (unpaired) electrons. The van der Waals surface area contributed by atoms with Gasteiger partial charge in [-0.2, -0.15) is 0 Å². The Kier molecular flexibility index (Phi) is 5.82. The minimum Gasteiger partial charge on any atom is -0.396 e. The molecule has 2 unspecified atom stereocenters. The van der Waals surface area contributed by atoms with Gasteiger partial charge in [-0.3, -0.25) is 0 Å². The second-order valence-corrected chi connectivity index (χ2v) is 5.53. The Labute approximate surface area is 104 Å². The molecular weight excluding hydrogens is 274 g/mol. The zero-order valence-electron chi connectivity index (χ0n) is 9.16. The first-order valence-corrected chi connectivity index (χ1v) is 6.95. The van der Waals surface area contributed by atoms with Crippen molar-refractivity contribution in [2.24, 2.45) is 0 Å². The van der Waals surface area contributed by atoms with Crippen LogP contribution in [0.2, 0.25) is 0 Å². The summed E-state index contributed by atoms with van der Waals surface area (Å²) in [5.74, 6) is 0. The molecule has 86 valence electrons. The average Bonchev–Trinajstić information content (AvgIpc) is 2.64. The lowest BCUT2D eigenvalue weighted by molar-refractivity contribution is 0.257. The molecule has 0 bridgehead atoms. The van der Waals surface area contributed by atoms with Crippen molar-refractivity contribution in [1.82, 2.24) is 5.32 Å². The third kappa shape index (κ3) is 4.23. The molecule has 2 atom stereocenters. The van der Waals surface area contributed by atoms with Gasteiger partial charge >= 0.3 is 0 Å². The van der Waals surface area contributed by atoms with Crippen LogP contribution in [0.4, 0.5) is 0 Å². The van der Waals surface area contributed by atoms with Crippen LogP contribution >= 0.6 is 27.3 Å². The number of aliphatic hydroxyl groups is 1. The van der Waals surface area contributed by atoms with Crippen molar-refractivity contribution < 1.29 is 5.11 Å². The van der Waals surface area contributed by atoms with Crippen molar-refractivity contribution in [3.63, 3.8) is 0 Å². The fourth-order valence-electron chi connectivity index (χ4n) is 1.55. The van der Waals surface area contributed by atoms with Crippen LogP contribution in [0.3, 0.4) is 0 Å². The SMILES string of the molecule is CCC(CCO)NC(C)c1cc(Br)cs1. The van der Waals surface area contributed by atoms with Crippen molar-refractivity contribution in [3.8, 4) is 0 Å². The molecule has 1 heterocycles. The molecule has 0 aromatic carbocycles. The van der Waals surface area contributed by atoms with Gasteiger partial charge in [0.25, 0.3) is 0 Å². The minimum absolute atomic E-state index is 0.256. The molecule has 1 aromatic heterocycles. The van der Waals surface area contributed by atoms with E-state index in [1.807, 2.05) is 0 Å². The Morgan fingerprint density at radius 1 is 1.60 bits per heavy atom. The van der Waals surface area contributed by atoms with E-state index < -0.39 is 0 Å². The molecule has 1 aromatic rings. The maximum atomic E-state index is 8.91. The van der Waals surface area contributed by atoms with Gasteiger partial charge in [0, 0.05) is 33.4 Å². The highest BCUT2D eigenvalue weighted by molar-refractivity contribution is 9.10. The molecule has 0 amide bonds. The van der Waals surface area contributed by atoms with Gasteiger partial charge in [0.1, 0.15) is 0 Å². The van der Waals surface area contributed by atoms with Crippen molar-refractivity contribution in [2.75, 3.05) is 6.61 Å². The largest absolute Gasteiger partial charge is 0.396 e. The highest BCUT2D eigenvalue weighted by Crippen LogP contribution is 2.25. The van der Waals surface area contributed by atoms with E-state index in [1.165, 1.54) is 4.88 Å². The summed E-state index contributed by atoms with van der Waals surface area (Å²) in [6, 6.07) is 2.91. The van der Waals surface area contributed by atoms with Crippen LogP contribution in [-0.4, -0.2) is 17.8 Å². The van der Waals surface area contributed by atoms with Crippen LogP contribution in [0, 0.1) is 0 Å². The Balaban J connectivity index is 2.50. The maximum absolute atomic E-state index is 8.91. The molecule has 0 saturated carbocycles. The first-order valence-electron chi connectivity index (χ1n) is 5.28. The highest BCUT2D eigenvalue weighted by atomic mass is 79.9. The van der Waals surface area contributed by atoms with E-state index in [2.05, 4.69) is 46.5 Å². The zero-order valence-corrected chi connectivity index (χ0v) is 11.6. The molecule has 0 spiro atoms. The van der Waals surface area contributed by atoms with E-state index in [0.29, 0.717) is 12.1 Å². The molecule has 0 fully saturated rings. The standard InChI is InChI=1S/C11H18BrNOS/c1-3-10(4-5-14)13-8(2)11-6-9(12)7-15-11/h6-8,10,13-14H,3-5H2,1-2H3. The highest BCUT2D eigenvalue weighted by Gasteiger charge is 2.12. The molecule has 0 aliphatic heterocycles. The Bertz CT molecular complexity index is 290. The monoisotopic (exact) mass is 291 g/mol. The summed E-state index contributed by atoms with van der Waals surface area (Å²) in [6.45, 7) is 4.56. The maximum Gasteiger partial charge on any atom is 0.0445 e. The number of aliphatic hydroxyl groups excluding tert-OH is 1. The number of thiophene rings is 1. The summed E-state index contributed by atoms with van der Waals surface area (Å²) in [6.07, 6.45) is 1.88. The van der Waals surface area contributed by atoms with Gasteiger partial charge in [-0.15, -0.1) is 11.3 Å². The van der Waals surface area contributed by atoms with Crippen molar-refractivity contribution in [2.45, 2.75) is 38.8 Å². The number of hydrogen-bond donors (Lipinski definition) is 2. The fourth-order valence-corrected chi connectivity index (χ4v) is 3.01. The lowest BCUT2D eigenvalue weighted by atomic mass is 10.1. The van der Waals surface area contributed by atoms with Crippen LogP contribution in [0.5, 0.6) is 0 Å². The third-order valence-corrected chi connectivity index (χ3v) is 4.35. The lowest BCUT2D eigenvalue weighted by Gasteiger charge is -2.20. The smallest absolute Gasteiger partial charge is 0.0445 e. The predicted molar refractivity (Wildman–Crippen MR) is 69.4 cm³/mol. The van der Waals surface area contributed by atoms with E-state index in [1.54, 1.807) is 11.3 Å². The summed E-state index contributed by atoms with van der Waals surface area (Å²) in [7, 11) is 0. The number of nitrogens with one attached hydrogen (secondary N) is 1. The van der Waals surface area contributed by atoms with Crippen LogP contribution in [0.1, 0.15) is 37.6 Å². The van der Waals surface area contributed by atoms with Gasteiger partial charge in [0.05, 0.1) is 0 Å². The molecule has 2 nitrogen and oxygen atoms in total. The topological polar surface area (TPSA) is 32.3 Å². The van der Waals surface area contributed by atoms with Crippen molar-refractivity contribution >= 4 is 27.3 Å². The van der Waals surface area contributed by atoms with E-state index in [4.69, 9.17) is 5.11 Å². The predicted octanol–water partition coefficient (Wildman–Crippen LogP) is 3.32. The molecule has 0 aliphatic rings. The van der Waals surface area contributed by atoms with Crippen molar-refractivity contribution in [3.05, 3.63) is 20.8 Å². The summed E-state index contributed by atoms with van der Waals surface area (Å²) >= 11 is 5.21. The molecule has 4 heteroatoms. The van der Waals surface area contributed by atoms with Crippen LogP contribution in [0.15, 0.2) is 15.9 Å². The van der Waals surface area contributed by atoms with Gasteiger partial charge in [-0.05, 0) is 41.8 Å². The molecule has 2 N–H and O–H groups in total. The number of hydrogen-bond acceptors (Lipinski definition) is 3. The summed E-state index contributed by atoms with van der Waals surface area (Å²) < 4.78 is 1.14. The Hall–Kier alpha value is 0.1000. The second kappa shape index (κ2) is 6.63. The van der Waals surface area contributed by atoms with E-state index in [-0.39, 0.29) is 6.61 Å². The van der Waals surface area contributed by atoms with Crippen LogP contribution in [-0.2, 0) is 0 Å². The van der Waals surface area contributed by atoms with E-state index in [9.17, 15) is 0 Å². The molecular formula is C11H18BrNOS. The van der Waals surface area contributed by atoms with Crippen LogP contribution in [0.25, 0.3) is 0 Å². The molecule has 1 rings (SSSR count). The van der Waals surface area contributed by atoms with Crippen LogP contribution < -0.4 is 5.32 Å². The summed E-state index contributed by atoms with van der Waals surface area (Å²) in [5, 5.41) is 14.5. The normalized spacial score (nSPS) is 15.2. The molecule has 0 aliphatic carbocycles. The van der Waals surface area contributed by atoms with E-state index in [0.717, 1.165) is 17.3 Å². The first kappa shape index (κ1) is 13.2. The van der Waals surface area contributed by atoms with E-state index >= 15 is 0 Å². The second-order valence-electron chi connectivity index (χ2n) is 3.67. The summed E-state index contributed by atoms with van der Waals surface area (Å²) in [4.78, 5) is 1.33. The van der Waals surface area contributed by atoms with Gasteiger partial charge in [-0.1, -0.05) is 6.92 Å². The first-order chi connectivity index (χ1) is 7.17. The zero-order chi connectivity index (χ0) is 11.3. The Morgan fingerprint density at radius 2 is 2.33 bits per heavy atom. The fraction of sp³-hybridized carbons (Fsp3) is 0.636. The van der Waals surface area contributed by atoms with Gasteiger partial charge in [-0.25, -0.2) is 0 Å². The minimum atomic E-state index is 0.256. The Morgan fingerprint density at radius 3 is 2.80 bits per heavy atom. The van der Waals surface area contributed by atoms with Gasteiger partial charge in [0.15, 0.2) is 0 Å². The summed E-state index contributed by atoms with van der Waals surface area (Å²) in [5.41, 5.74) is 0. The van der Waals surface area contributed by atoms with Gasteiger partial charge < -0.3 is 10.4 Å². The number of halogens is 1. The molecule has 15 heavy (non-hydrogen) atoms. The van der Waals surface area contributed by atoms with Crippen molar-refractivity contribution in [1.29, 1.82) is 0 Å². The quantitative estimate of drug-likeness (QED) is 0.843. The molecule has 0 saturated heterocycles. The number of rotatable bonds is 6.